The summed E-state index contributed by atoms with van der Waals surface area (Å²) in [5.41, 5.74) is 0.719. The molecule has 6 heteroatoms. The SMILES string of the molecule is CCS(=O)(=O)CCCOc1cc(CO)ccc1OC. The van der Waals surface area contributed by atoms with E-state index in [1.165, 1.54) is 7.11 Å². The maximum Gasteiger partial charge on any atom is 0.161 e. The smallest absolute Gasteiger partial charge is 0.161 e. The van der Waals surface area contributed by atoms with E-state index in [-0.39, 0.29) is 18.1 Å². The molecule has 1 rings (SSSR count). The normalized spacial score (nSPS) is 11.3. The van der Waals surface area contributed by atoms with Crippen molar-refractivity contribution < 1.29 is 23.0 Å². The lowest BCUT2D eigenvalue weighted by Gasteiger charge is -2.11. The van der Waals surface area contributed by atoms with Crippen molar-refractivity contribution in [3.8, 4) is 11.5 Å². The molecule has 1 aromatic carbocycles. The molecular weight excluding hydrogens is 268 g/mol. The number of aliphatic hydroxyl groups is 1. The summed E-state index contributed by atoms with van der Waals surface area (Å²) in [6.45, 7) is 1.85. The zero-order valence-corrected chi connectivity index (χ0v) is 12.1. The van der Waals surface area contributed by atoms with Crippen molar-refractivity contribution in [2.24, 2.45) is 0 Å². The standard InChI is InChI=1S/C13H20O5S/c1-3-19(15,16)8-4-7-18-13-9-11(10-14)5-6-12(13)17-2/h5-6,9,14H,3-4,7-8,10H2,1-2H3. The lowest BCUT2D eigenvalue weighted by Crippen LogP contribution is -2.12. The van der Waals surface area contributed by atoms with Gasteiger partial charge in [-0.1, -0.05) is 13.0 Å². The van der Waals surface area contributed by atoms with E-state index in [0.717, 1.165) is 5.56 Å². The molecule has 0 unspecified atom stereocenters. The van der Waals surface area contributed by atoms with Crippen molar-refractivity contribution >= 4 is 9.84 Å². The number of aliphatic hydroxyl groups excluding tert-OH is 1. The van der Waals surface area contributed by atoms with Crippen LogP contribution in [0.1, 0.15) is 18.9 Å². The molecule has 0 aliphatic heterocycles. The van der Waals surface area contributed by atoms with Gasteiger partial charge in [-0.25, -0.2) is 8.42 Å². The second-order valence-electron chi connectivity index (χ2n) is 4.08. The summed E-state index contributed by atoms with van der Waals surface area (Å²) in [6.07, 6.45) is 0.433. The largest absolute Gasteiger partial charge is 0.493 e. The van der Waals surface area contributed by atoms with Crippen molar-refractivity contribution in [3.05, 3.63) is 23.8 Å². The monoisotopic (exact) mass is 288 g/mol. The number of methoxy groups -OCH3 is 1. The quantitative estimate of drug-likeness (QED) is 0.732. The lowest BCUT2D eigenvalue weighted by molar-refractivity contribution is 0.275. The highest BCUT2D eigenvalue weighted by Gasteiger charge is 2.09. The number of rotatable bonds is 8. The van der Waals surface area contributed by atoms with Gasteiger partial charge in [0.15, 0.2) is 11.5 Å². The predicted molar refractivity (Wildman–Crippen MR) is 73.4 cm³/mol. The molecule has 0 bridgehead atoms. The van der Waals surface area contributed by atoms with E-state index in [1.54, 1.807) is 25.1 Å². The number of hydrogen-bond acceptors (Lipinski definition) is 5. The molecule has 5 nitrogen and oxygen atoms in total. The van der Waals surface area contributed by atoms with Crippen molar-refractivity contribution in [2.45, 2.75) is 20.0 Å². The van der Waals surface area contributed by atoms with E-state index >= 15 is 0 Å². The first-order valence-electron chi connectivity index (χ1n) is 6.13. The molecule has 19 heavy (non-hydrogen) atoms. The molecule has 1 N–H and O–H groups in total. The molecule has 0 heterocycles. The molecule has 0 atom stereocenters. The van der Waals surface area contributed by atoms with Crippen LogP contribution in [0.4, 0.5) is 0 Å². The fraction of sp³-hybridized carbons (Fsp3) is 0.538. The molecule has 0 saturated carbocycles. The summed E-state index contributed by atoms with van der Waals surface area (Å²) in [7, 11) is -1.42. The summed E-state index contributed by atoms with van der Waals surface area (Å²) < 4.78 is 33.3. The summed E-state index contributed by atoms with van der Waals surface area (Å²) in [5, 5.41) is 9.06. The van der Waals surface area contributed by atoms with Gasteiger partial charge in [0.1, 0.15) is 9.84 Å². The summed E-state index contributed by atoms with van der Waals surface area (Å²) in [6, 6.07) is 5.14. The Balaban J connectivity index is 2.57. The van der Waals surface area contributed by atoms with Crippen LogP contribution in [0.25, 0.3) is 0 Å². The molecule has 0 amide bonds. The van der Waals surface area contributed by atoms with Crippen molar-refractivity contribution in [2.75, 3.05) is 25.2 Å². The van der Waals surface area contributed by atoms with Crippen LogP contribution in [0.5, 0.6) is 11.5 Å². The molecule has 0 spiro atoms. The Morgan fingerprint density at radius 1 is 1.26 bits per heavy atom. The minimum Gasteiger partial charge on any atom is -0.493 e. The van der Waals surface area contributed by atoms with Crippen molar-refractivity contribution in [3.63, 3.8) is 0 Å². The maximum absolute atomic E-state index is 11.3. The fourth-order valence-electron chi connectivity index (χ4n) is 1.54. The Kier molecular flexibility index (Phi) is 6.11. The third-order valence-corrected chi connectivity index (χ3v) is 4.50. The van der Waals surface area contributed by atoms with E-state index in [9.17, 15) is 8.42 Å². The molecule has 108 valence electrons. The second kappa shape index (κ2) is 7.35. The zero-order chi connectivity index (χ0) is 14.3. The third-order valence-electron chi connectivity index (χ3n) is 2.71. The predicted octanol–water partition coefficient (Wildman–Crippen LogP) is 1.39. The van der Waals surface area contributed by atoms with Crippen LogP contribution in [-0.4, -0.2) is 38.7 Å². The summed E-state index contributed by atoms with van der Waals surface area (Å²) in [4.78, 5) is 0. The number of hydrogen-bond donors (Lipinski definition) is 1. The molecule has 0 saturated heterocycles. The first kappa shape index (κ1) is 15.8. The topological polar surface area (TPSA) is 72.8 Å². The van der Waals surface area contributed by atoms with E-state index in [4.69, 9.17) is 14.6 Å². The van der Waals surface area contributed by atoms with Gasteiger partial charge in [-0.05, 0) is 24.1 Å². The van der Waals surface area contributed by atoms with Crippen LogP contribution in [0.2, 0.25) is 0 Å². The van der Waals surface area contributed by atoms with E-state index < -0.39 is 9.84 Å². The minimum atomic E-state index is -2.95. The van der Waals surface area contributed by atoms with E-state index in [2.05, 4.69) is 0 Å². The first-order chi connectivity index (χ1) is 9.02. The van der Waals surface area contributed by atoms with Gasteiger partial charge in [0, 0.05) is 5.75 Å². The average Bonchev–Trinajstić information content (AvgIpc) is 2.43. The van der Waals surface area contributed by atoms with Crippen LogP contribution in [0, 0.1) is 0 Å². The second-order valence-corrected chi connectivity index (χ2v) is 6.55. The molecule has 0 aromatic heterocycles. The maximum atomic E-state index is 11.3. The molecule has 0 aliphatic rings. The highest BCUT2D eigenvalue weighted by molar-refractivity contribution is 7.91. The summed E-state index contributed by atoms with van der Waals surface area (Å²) in [5.74, 6) is 1.35. The van der Waals surface area contributed by atoms with Crippen LogP contribution >= 0.6 is 0 Å². The van der Waals surface area contributed by atoms with Crippen LogP contribution < -0.4 is 9.47 Å². The highest BCUT2D eigenvalue weighted by atomic mass is 32.2. The van der Waals surface area contributed by atoms with Gasteiger partial charge in [-0.2, -0.15) is 0 Å². The van der Waals surface area contributed by atoms with Gasteiger partial charge in [-0.15, -0.1) is 0 Å². The van der Waals surface area contributed by atoms with Gasteiger partial charge in [0.2, 0.25) is 0 Å². The minimum absolute atomic E-state index is 0.0788. The lowest BCUT2D eigenvalue weighted by atomic mass is 10.2. The molecule has 0 aliphatic carbocycles. The molecule has 0 fully saturated rings. The van der Waals surface area contributed by atoms with E-state index in [1.807, 2.05) is 0 Å². The van der Waals surface area contributed by atoms with Gasteiger partial charge >= 0.3 is 0 Å². The average molecular weight is 288 g/mol. The molecule has 1 aromatic rings. The Labute approximate surface area is 114 Å². The first-order valence-corrected chi connectivity index (χ1v) is 7.95. The van der Waals surface area contributed by atoms with Crippen LogP contribution in [0.15, 0.2) is 18.2 Å². The van der Waals surface area contributed by atoms with Crippen LogP contribution in [0.3, 0.4) is 0 Å². The zero-order valence-electron chi connectivity index (χ0n) is 11.3. The van der Waals surface area contributed by atoms with Crippen molar-refractivity contribution in [1.82, 2.24) is 0 Å². The van der Waals surface area contributed by atoms with Gasteiger partial charge in [0.05, 0.1) is 26.1 Å². The van der Waals surface area contributed by atoms with Gasteiger partial charge < -0.3 is 14.6 Å². The Hall–Kier alpha value is -1.27. The Bertz CT molecular complexity index is 496. The highest BCUT2D eigenvalue weighted by Crippen LogP contribution is 2.28. The Morgan fingerprint density at radius 2 is 2.00 bits per heavy atom. The number of benzene rings is 1. The van der Waals surface area contributed by atoms with Crippen LogP contribution in [-0.2, 0) is 16.4 Å². The van der Waals surface area contributed by atoms with Gasteiger partial charge in [-0.3, -0.25) is 0 Å². The van der Waals surface area contributed by atoms with Gasteiger partial charge in [0.25, 0.3) is 0 Å². The fourth-order valence-corrected chi connectivity index (χ4v) is 2.38. The third kappa shape index (κ3) is 5.08. The van der Waals surface area contributed by atoms with Crippen molar-refractivity contribution in [1.29, 1.82) is 0 Å². The molecular formula is C13H20O5S. The summed E-state index contributed by atoms with van der Waals surface area (Å²) >= 11 is 0. The Morgan fingerprint density at radius 3 is 2.58 bits per heavy atom. The number of sulfone groups is 1. The van der Waals surface area contributed by atoms with E-state index in [0.29, 0.717) is 24.5 Å². The molecule has 0 radical (unpaired) electrons. The number of ether oxygens (including phenoxy) is 2.